The molecule has 0 unspecified atom stereocenters. The fraction of sp³-hybridized carbons (Fsp3) is 0.632. The highest BCUT2D eigenvalue weighted by Gasteiger charge is 2.39. The number of hydrogen-bond acceptors (Lipinski definition) is 4. The summed E-state index contributed by atoms with van der Waals surface area (Å²) < 4.78 is 26.1. The summed E-state index contributed by atoms with van der Waals surface area (Å²) >= 11 is 0. The van der Waals surface area contributed by atoms with Crippen LogP contribution in [0, 0.1) is 6.92 Å². The van der Waals surface area contributed by atoms with Gasteiger partial charge in [0.2, 0.25) is 10.0 Å². The Morgan fingerprint density at radius 1 is 1.19 bits per heavy atom. The number of aryl methyl sites for hydroxylation is 1. The Kier molecular flexibility index (Phi) is 5.99. The second-order valence-electron chi connectivity index (χ2n) is 7.51. The number of amides is 1. The zero-order valence-corrected chi connectivity index (χ0v) is 16.5. The van der Waals surface area contributed by atoms with Gasteiger partial charge in [0.15, 0.2) is 0 Å². The van der Waals surface area contributed by atoms with E-state index in [2.05, 4.69) is 4.90 Å². The highest BCUT2D eigenvalue weighted by molar-refractivity contribution is 7.88. The maximum absolute atomic E-state index is 12.6. The first-order valence-corrected chi connectivity index (χ1v) is 11.2. The van der Waals surface area contributed by atoms with E-state index in [0.29, 0.717) is 25.2 Å². The molecule has 0 radical (unpaired) electrons. The van der Waals surface area contributed by atoms with Gasteiger partial charge in [-0.2, -0.15) is 4.31 Å². The molecule has 0 atom stereocenters. The molecule has 26 heavy (non-hydrogen) atoms. The minimum atomic E-state index is -3.28. The van der Waals surface area contributed by atoms with E-state index in [0.717, 1.165) is 25.2 Å². The molecule has 2 aliphatic heterocycles. The van der Waals surface area contributed by atoms with Gasteiger partial charge in [-0.15, -0.1) is 0 Å². The van der Waals surface area contributed by atoms with Gasteiger partial charge in [-0.25, -0.2) is 8.42 Å². The molecule has 0 bridgehead atoms. The summed E-state index contributed by atoms with van der Waals surface area (Å²) in [6.45, 7) is 6.30. The second-order valence-corrected chi connectivity index (χ2v) is 9.44. The lowest BCUT2D eigenvalue weighted by atomic mass is 10.1. The SMILES string of the molecule is Cc1cccc(C(=O)N2CC(N(CCN3CCCCC3)S(C)(=O)=O)C2)c1. The highest BCUT2D eigenvalue weighted by atomic mass is 32.2. The van der Waals surface area contributed by atoms with Crippen molar-refractivity contribution >= 4 is 15.9 Å². The van der Waals surface area contributed by atoms with E-state index in [9.17, 15) is 13.2 Å². The highest BCUT2D eigenvalue weighted by Crippen LogP contribution is 2.21. The molecule has 2 fully saturated rings. The van der Waals surface area contributed by atoms with Crippen molar-refractivity contribution in [1.29, 1.82) is 0 Å². The molecule has 7 heteroatoms. The molecule has 0 spiro atoms. The minimum absolute atomic E-state index is 0.0190. The third kappa shape index (κ3) is 4.64. The topological polar surface area (TPSA) is 60.9 Å². The number of sulfonamides is 1. The molecular weight excluding hydrogens is 350 g/mol. The van der Waals surface area contributed by atoms with Crippen LogP contribution in [0.5, 0.6) is 0 Å². The summed E-state index contributed by atoms with van der Waals surface area (Å²) in [4.78, 5) is 16.6. The van der Waals surface area contributed by atoms with E-state index in [-0.39, 0.29) is 11.9 Å². The normalized spacial score (nSPS) is 19.6. The van der Waals surface area contributed by atoms with Gasteiger partial charge in [0, 0.05) is 31.7 Å². The standard InChI is InChI=1S/C19H29N3O3S/c1-16-7-6-8-17(13-16)19(23)21-14-18(15-21)22(26(2,24)25)12-11-20-9-4-3-5-10-20/h6-8,13,18H,3-5,9-12,14-15H2,1-2H3. The Bertz CT molecular complexity index is 738. The van der Waals surface area contributed by atoms with Crippen LogP contribution < -0.4 is 0 Å². The Labute approximate surface area is 156 Å². The van der Waals surface area contributed by atoms with Crippen LogP contribution in [-0.2, 0) is 10.0 Å². The number of piperidine rings is 1. The Morgan fingerprint density at radius 2 is 1.88 bits per heavy atom. The molecule has 144 valence electrons. The molecule has 3 rings (SSSR count). The molecule has 0 aromatic heterocycles. The summed E-state index contributed by atoms with van der Waals surface area (Å²) in [7, 11) is -3.28. The Hall–Kier alpha value is -1.44. The number of benzene rings is 1. The first-order valence-electron chi connectivity index (χ1n) is 9.40. The van der Waals surface area contributed by atoms with Crippen molar-refractivity contribution in [3.8, 4) is 0 Å². The first kappa shape index (κ1) is 19.3. The van der Waals surface area contributed by atoms with Crippen LogP contribution in [0.3, 0.4) is 0 Å². The lowest BCUT2D eigenvalue weighted by Crippen LogP contribution is -2.62. The summed E-state index contributed by atoms with van der Waals surface area (Å²) in [6.07, 6.45) is 4.93. The molecule has 6 nitrogen and oxygen atoms in total. The smallest absolute Gasteiger partial charge is 0.253 e. The van der Waals surface area contributed by atoms with E-state index in [4.69, 9.17) is 0 Å². The number of rotatable bonds is 6. The van der Waals surface area contributed by atoms with Gasteiger partial charge >= 0.3 is 0 Å². The third-order valence-electron chi connectivity index (χ3n) is 5.33. The van der Waals surface area contributed by atoms with Crippen molar-refractivity contribution in [2.75, 3.05) is 45.5 Å². The predicted molar refractivity (Wildman–Crippen MR) is 103 cm³/mol. The molecule has 2 aliphatic rings. The minimum Gasteiger partial charge on any atom is -0.335 e. The monoisotopic (exact) mass is 379 g/mol. The number of likely N-dealkylation sites (tertiary alicyclic amines) is 2. The summed E-state index contributed by atoms with van der Waals surface area (Å²) in [5, 5.41) is 0. The molecule has 2 heterocycles. The largest absolute Gasteiger partial charge is 0.335 e. The lowest BCUT2D eigenvalue weighted by Gasteiger charge is -2.44. The zero-order chi connectivity index (χ0) is 18.7. The molecule has 0 saturated carbocycles. The molecule has 0 N–H and O–H groups in total. The van der Waals surface area contributed by atoms with E-state index in [1.54, 1.807) is 9.21 Å². The van der Waals surface area contributed by atoms with Crippen LogP contribution in [0.2, 0.25) is 0 Å². The fourth-order valence-corrected chi connectivity index (χ4v) is 4.89. The van der Waals surface area contributed by atoms with E-state index in [1.807, 2.05) is 31.2 Å². The average Bonchev–Trinajstić information content (AvgIpc) is 2.56. The maximum atomic E-state index is 12.6. The van der Waals surface area contributed by atoms with Crippen molar-refractivity contribution in [2.45, 2.75) is 32.2 Å². The zero-order valence-electron chi connectivity index (χ0n) is 15.7. The third-order valence-corrected chi connectivity index (χ3v) is 6.67. The summed E-state index contributed by atoms with van der Waals surface area (Å²) in [5.41, 5.74) is 1.72. The van der Waals surface area contributed by atoms with Crippen molar-refractivity contribution in [3.05, 3.63) is 35.4 Å². The van der Waals surface area contributed by atoms with Crippen LogP contribution >= 0.6 is 0 Å². The quantitative estimate of drug-likeness (QED) is 0.753. The predicted octanol–water partition coefficient (Wildman–Crippen LogP) is 1.57. The second kappa shape index (κ2) is 8.06. The van der Waals surface area contributed by atoms with Gasteiger partial charge in [-0.1, -0.05) is 24.1 Å². The number of nitrogens with zero attached hydrogens (tertiary/aromatic N) is 3. The van der Waals surface area contributed by atoms with Crippen molar-refractivity contribution in [3.63, 3.8) is 0 Å². The summed E-state index contributed by atoms with van der Waals surface area (Å²) in [5.74, 6) is -0.0190. The van der Waals surface area contributed by atoms with Crippen LogP contribution in [0.1, 0.15) is 35.2 Å². The number of carbonyl (C=O) groups is 1. The van der Waals surface area contributed by atoms with Gasteiger partial charge in [-0.3, -0.25) is 4.79 Å². The van der Waals surface area contributed by atoms with Crippen molar-refractivity contribution in [2.24, 2.45) is 0 Å². The molecule has 1 aromatic carbocycles. The molecule has 1 amide bonds. The van der Waals surface area contributed by atoms with Gasteiger partial charge in [0.05, 0.1) is 12.3 Å². The maximum Gasteiger partial charge on any atom is 0.253 e. The molecule has 2 saturated heterocycles. The van der Waals surface area contributed by atoms with E-state index in [1.165, 1.54) is 25.5 Å². The van der Waals surface area contributed by atoms with Crippen LogP contribution in [0.25, 0.3) is 0 Å². The Morgan fingerprint density at radius 3 is 2.50 bits per heavy atom. The van der Waals surface area contributed by atoms with Crippen molar-refractivity contribution in [1.82, 2.24) is 14.1 Å². The van der Waals surface area contributed by atoms with Gasteiger partial charge in [-0.05, 0) is 45.0 Å². The van der Waals surface area contributed by atoms with Gasteiger partial charge in [0.1, 0.15) is 0 Å². The first-order chi connectivity index (χ1) is 12.3. The Balaban J connectivity index is 1.57. The number of hydrogen-bond donors (Lipinski definition) is 0. The number of carbonyl (C=O) groups excluding carboxylic acids is 1. The van der Waals surface area contributed by atoms with Crippen LogP contribution in [0.4, 0.5) is 0 Å². The van der Waals surface area contributed by atoms with Crippen LogP contribution in [-0.4, -0.2) is 80.0 Å². The lowest BCUT2D eigenvalue weighted by molar-refractivity contribution is 0.0437. The molecular formula is C19H29N3O3S. The van der Waals surface area contributed by atoms with Gasteiger partial charge in [0.25, 0.3) is 5.91 Å². The van der Waals surface area contributed by atoms with E-state index >= 15 is 0 Å². The van der Waals surface area contributed by atoms with E-state index < -0.39 is 10.0 Å². The molecule has 0 aliphatic carbocycles. The average molecular weight is 380 g/mol. The van der Waals surface area contributed by atoms with Crippen molar-refractivity contribution < 1.29 is 13.2 Å². The van der Waals surface area contributed by atoms with Crippen LogP contribution in [0.15, 0.2) is 24.3 Å². The molecule has 1 aromatic rings. The fourth-order valence-electron chi connectivity index (χ4n) is 3.81. The van der Waals surface area contributed by atoms with Gasteiger partial charge < -0.3 is 9.80 Å². The summed E-state index contributed by atoms with van der Waals surface area (Å²) in [6, 6.07) is 7.42.